The third kappa shape index (κ3) is 5.06. The van der Waals surface area contributed by atoms with Crippen molar-refractivity contribution in [3.8, 4) is 28.3 Å². The molecule has 1 aromatic heterocycles. The Morgan fingerprint density at radius 3 is 2.18 bits per heavy atom. The minimum absolute atomic E-state index is 0.305. The first kappa shape index (κ1) is 23.0. The lowest BCUT2D eigenvalue weighted by atomic mass is 10.1. The van der Waals surface area contributed by atoms with E-state index in [2.05, 4.69) is 10.3 Å². The van der Waals surface area contributed by atoms with Gasteiger partial charge in [0.1, 0.15) is 11.6 Å². The lowest BCUT2D eigenvalue weighted by Gasteiger charge is -2.11. The van der Waals surface area contributed by atoms with E-state index in [4.69, 9.17) is 4.74 Å². The first-order valence-corrected chi connectivity index (χ1v) is 10.1. The summed E-state index contributed by atoms with van der Waals surface area (Å²) < 4.78 is 57.6. The maximum absolute atomic E-state index is 14.2. The molecule has 0 radical (unpaired) electrons. The fourth-order valence-electron chi connectivity index (χ4n) is 3.35. The molecule has 0 saturated heterocycles. The van der Waals surface area contributed by atoms with Crippen molar-refractivity contribution < 1.29 is 27.1 Å². The van der Waals surface area contributed by atoms with E-state index >= 15 is 0 Å². The van der Waals surface area contributed by atoms with E-state index in [9.17, 15) is 22.4 Å². The minimum Gasteiger partial charge on any atom is -0.497 e. The third-order valence-corrected chi connectivity index (χ3v) is 5.09. The topological polar surface area (TPSA) is 51.2 Å². The molecule has 0 atom stereocenters. The molecule has 4 rings (SSSR count). The van der Waals surface area contributed by atoms with Crippen molar-refractivity contribution in [3.05, 3.63) is 102 Å². The van der Waals surface area contributed by atoms with Crippen molar-refractivity contribution in [1.29, 1.82) is 0 Å². The van der Waals surface area contributed by atoms with E-state index in [1.807, 2.05) is 42.5 Å². The van der Waals surface area contributed by atoms with Crippen LogP contribution in [0.2, 0.25) is 0 Å². The van der Waals surface area contributed by atoms with Gasteiger partial charge in [0.05, 0.1) is 29.6 Å². The van der Waals surface area contributed by atoms with Crippen molar-refractivity contribution >= 4 is 11.6 Å². The zero-order chi connectivity index (χ0) is 24.3. The number of pyridine rings is 1. The second kappa shape index (κ2) is 9.35. The van der Waals surface area contributed by atoms with Crippen LogP contribution in [0.5, 0.6) is 5.75 Å². The standard InChI is InChI=1S/C26H18F4N2O2/c1-34-20-11-8-16(9-12-20)23-6-3-7-24(32-23)17-4-2-5-19(14-17)31-25(33)21-13-10-18(15-22(21)27)26(28,29)30/h2-15H,1H3,(H,31,33). The largest absolute Gasteiger partial charge is 0.497 e. The summed E-state index contributed by atoms with van der Waals surface area (Å²) >= 11 is 0. The van der Waals surface area contributed by atoms with Crippen molar-refractivity contribution in [3.63, 3.8) is 0 Å². The summed E-state index contributed by atoms with van der Waals surface area (Å²) in [7, 11) is 1.59. The van der Waals surface area contributed by atoms with E-state index in [1.54, 1.807) is 31.4 Å². The number of benzene rings is 3. The molecule has 0 aliphatic heterocycles. The average molecular weight is 466 g/mol. The van der Waals surface area contributed by atoms with Crippen LogP contribution in [0.1, 0.15) is 15.9 Å². The lowest BCUT2D eigenvalue weighted by molar-refractivity contribution is -0.137. The molecule has 1 heterocycles. The fourth-order valence-corrected chi connectivity index (χ4v) is 3.35. The zero-order valence-electron chi connectivity index (χ0n) is 17.9. The molecule has 4 nitrogen and oxygen atoms in total. The van der Waals surface area contributed by atoms with Gasteiger partial charge < -0.3 is 10.1 Å². The summed E-state index contributed by atoms with van der Waals surface area (Å²) in [4.78, 5) is 17.2. The quantitative estimate of drug-likeness (QED) is 0.328. The van der Waals surface area contributed by atoms with E-state index in [0.29, 0.717) is 29.1 Å². The maximum atomic E-state index is 14.2. The van der Waals surface area contributed by atoms with Gasteiger partial charge in [0.25, 0.3) is 5.91 Å². The average Bonchev–Trinajstić information content (AvgIpc) is 2.83. The van der Waals surface area contributed by atoms with Gasteiger partial charge in [-0.1, -0.05) is 18.2 Å². The van der Waals surface area contributed by atoms with E-state index in [0.717, 1.165) is 23.1 Å². The highest BCUT2D eigenvalue weighted by atomic mass is 19.4. The van der Waals surface area contributed by atoms with Crippen LogP contribution in [0.3, 0.4) is 0 Å². The number of halogens is 4. The van der Waals surface area contributed by atoms with Crippen LogP contribution in [-0.4, -0.2) is 18.0 Å². The molecule has 0 bridgehead atoms. The van der Waals surface area contributed by atoms with Crippen LogP contribution in [0, 0.1) is 5.82 Å². The molecule has 4 aromatic rings. The molecule has 0 fully saturated rings. The Hall–Kier alpha value is -4.20. The van der Waals surface area contributed by atoms with Crippen LogP contribution >= 0.6 is 0 Å². The van der Waals surface area contributed by atoms with Gasteiger partial charge >= 0.3 is 6.18 Å². The molecule has 0 spiro atoms. The summed E-state index contributed by atoms with van der Waals surface area (Å²) in [6.45, 7) is 0. The number of ether oxygens (including phenoxy) is 1. The maximum Gasteiger partial charge on any atom is 0.416 e. The number of amides is 1. The summed E-state index contributed by atoms with van der Waals surface area (Å²) in [5, 5.41) is 2.52. The Bertz CT molecular complexity index is 1340. The Labute approximate surface area is 192 Å². The number of nitrogens with one attached hydrogen (secondary N) is 1. The van der Waals surface area contributed by atoms with Crippen LogP contribution in [-0.2, 0) is 6.18 Å². The first-order chi connectivity index (χ1) is 16.2. The van der Waals surface area contributed by atoms with Crippen molar-refractivity contribution in [2.75, 3.05) is 12.4 Å². The van der Waals surface area contributed by atoms with Crippen LogP contribution in [0.25, 0.3) is 22.5 Å². The van der Waals surface area contributed by atoms with Crippen molar-refractivity contribution in [1.82, 2.24) is 4.98 Å². The highest BCUT2D eigenvalue weighted by molar-refractivity contribution is 6.04. The van der Waals surface area contributed by atoms with Crippen LogP contribution < -0.4 is 10.1 Å². The number of anilines is 1. The van der Waals surface area contributed by atoms with Gasteiger partial charge in [-0.25, -0.2) is 9.37 Å². The number of carbonyl (C=O) groups is 1. The van der Waals surface area contributed by atoms with Crippen molar-refractivity contribution in [2.24, 2.45) is 0 Å². The van der Waals surface area contributed by atoms with Gasteiger partial charge in [0.2, 0.25) is 0 Å². The lowest BCUT2D eigenvalue weighted by Crippen LogP contribution is -2.15. The first-order valence-electron chi connectivity index (χ1n) is 10.1. The fraction of sp³-hybridized carbons (Fsp3) is 0.0769. The molecular formula is C26H18F4N2O2. The number of nitrogens with zero attached hydrogens (tertiary/aromatic N) is 1. The predicted octanol–water partition coefficient (Wildman–Crippen LogP) is 6.83. The molecule has 0 aliphatic rings. The normalized spacial score (nSPS) is 11.2. The molecule has 8 heteroatoms. The van der Waals surface area contributed by atoms with Gasteiger partial charge in [-0.15, -0.1) is 0 Å². The predicted molar refractivity (Wildman–Crippen MR) is 121 cm³/mol. The van der Waals surface area contributed by atoms with Crippen molar-refractivity contribution in [2.45, 2.75) is 6.18 Å². The summed E-state index contributed by atoms with van der Waals surface area (Å²) in [6, 6.07) is 21.5. The van der Waals surface area contributed by atoms with Gasteiger partial charge in [-0.05, 0) is 66.7 Å². The molecule has 1 N–H and O–H groups in total. The Balaban J connectivity index is 1.56. The van der Waals surface area contributed by atoms with E-state index < -0.39 is 29.0 Å². The number of carbonyl (C=O) groups excluding carboxylic acids is 1. The SMILES string of the molecule is COc1ccc(-c2cccc(-c3cccc(NC(=O)c4ccc(C(F)(F)F)cc4F)c3)n2)cc1. The van der Waals surface area contributed by atoms with Crippen LogP contribution in [0.4, 0.5) is 23.2 Å². The Kier molecular flexibility index (Phi) is 6.32. The summed E-state index contributed by atoms with van der Waals surface area (Å²) in [5.41, 5.74) is 1.67. The van der Waals surface area contributed by atoms with E-state index in [-0.39, 0.29) is 0 Å². The molecule has 3 aromatic carbocycles. The number of methoxy groups -OCH3 is 1. The Morgan fingerprint density at radius 1 is 0.853 bits per heavy atom. The minimum atomic E-state index is -4.70. The smallest absolute Gasteiger partial charge is 0.416 e. The third-order valence-electron chi connectivity index (χ3n) is 5.09. The monoisotopic (exact) mass is 466 g/mol. The second-order valence-corrected chi connectivity index (χ2v) is 7.36. The highest BCUT2D eigenvalue weighted by Crippen LogP contribution is 2.31. The summed E-state index contributed by atoms with van der Waals surface area (Å²) in [6.07, 6.45) is -4.70. The number of aromatic nitrogens is 1. The van der Waals surface area contributed by atoms with E-state index in [1.165, 1.54) is 0 Å². The van der Waals surface area contributed by atoms with Gasteiger partial charge in [-0.3, -0.25) is 4.79 Å². The Morgan fingerprint density at radius 2 is 1.53 bits per heavy atom. The van der Waals surface area contributed by atoms with Gasteiger partial charge in [0.15, 0.2) is 0 Å². The molecule has 0 aliphatic carbocycles. The highest BCUT2D eigenvalue weighted by Gasteiger charge is 2.31. The summed E-state index contributed by atoms with van der Waals surface area (Å²) in [5.74, 6) is -1.38. The van der Waals surface area contributed by atoms with Gasteiger partial charge in [0, 0.05) is 16.8 Å². The molecule has 0 saturated carbocycles. The molecule has 172 valence electrons. The second-order valence-electron chi connectivity index (χ2n) is 7.36. The zero-order valence-corrected chi connectivity index (χ0v) is 17.9. The molecular weight excluding hydrogens is 448 g/mol. The number of hydrogen-bond acceptors (Lipinski definition) is 3. The number of alkyl halides is 3. The molecule has 1 amide bonds. The van der Waals surface area contributed by atoms with Gasteiger partial charge in [-0.2, -0.15) is 13.2 Å². The number of rotatable bonds is 5. The van der Waals surface area contributed by atoms with Crippen LogP contribution in [0.15, 0.2) is 84.9 Å². The molecule has 34 heavy (non-hydrogen) atoms. The number of hydrogen-bond donors (Lipinski definition) is 1. The molecule has 0 unspecified atom stereocenters.